The van der Waals surface area contributed by atoms with Crippen LogP contribution in [0, 0.1) is 0 Å². The summed E-state index contributed by atoms with van der Waals surface area (Å²) < 4.78 is 5.37. The van der Waals surface area contributed by atoms with Gasteiger partial charge in [-0.25, -0.2) is 0 Å². The van der Waals surface area contributed by atoms with Crippen molar-refractivity contribution in [3.05, 3.63) is 42.5 Å². The van der Waals surface area contributed by atoms with E-state index in [1.54, 1.807) is 13.0 Å². The number of benzene rings is 2. The third-order valence-electron chi connectivity index (χ3n) is 2.63. The first-order valence-corrected chi connectivity index (χ1v) is 5.57. The molecule has 0 saturated carbocycles. The normalized spacial score (nSPS) is 11.6. The van der Waals surface area contributed by atoms with Crippen molar-refractivity contribution in [1.29, 1.82) is 0 Å². The quantitative estimate of drug-likeness (QED) is 0.639. The average Bonchev–Trinajstić information content (AvgIpc) is 2.35. The molecular formula is C14H13NaO3. The largest absolute Gasteiger partial charge is 1.00 e. The van der Waals surface area contributed by atoms with Crippen LogP contribution in [-0.4, -0.2) is 12.1 Å². The Kier molecular flexibility index (Phi) is 5.66. The molecule has 2 aromatic carbocycles. The van der Waals surface area contributed by atoms with Gasteiger partial charge in [0.1, 0.15) is 11.9 Å². The Morgan fingerprint density at radius 3 is 2.50 bits per heavy atom. The van der Waals surface area contributed by atoms with Gasteiger partial charge >= 0.3 is 29.6 Å². The predicted molar refractivity (Wildman–Crippen MR) is 63.7 cm³/mol. The fourth-order valence-electron chi connectivity index (χ4n) is 1.70. The van der Waals surface area contributed by atoms with Crippen molar-refractivity contribution in [3.8, 4) is 5.75 Å². The van der Waals surface area contributed by atoms with E-state index in [0.29, 0.717) is 12.2 Å². The predicted octanol–water partition coefficient (Wildman–Crippen LogP) is -1.25. The van der Waals surface area contributed by atoms with E-state index in [9.17, 15) is 9.90 Å². The van der Waals surface area contributed by atoms with Crippen LogP contribution in [0.15, 0.2) is 42.5 Å². The molecule has 0 aromatic heterocycles. The minimum atomic E-state index is -1.18. The summed E-state index contributed by atoms with van der Waals surface area (Å²) in [5, 5.41) is 12.9. The number of ether oxygens (including phenoxy) is 1. The van der Waals surface area contributed by atoms with Crippen molar-refractivity contribution in [2.24, 2.45) is 0 Å². The zero-order chi connectivity index (χ0) is 12.3. The smallest absolute Gasteiger partial charge is 0.546 e. The van der Waals surface area contributed by atoms with E-state index in [4.69, 9.17) is 4.74 Å². The fraction of sp³-hybridized carbons (Fsp3) is 0.214. The van der Waals surface area contributed by atoms with E-state index in [2.05, 4.69) is 0 Å². The van der Waals surface area contributed by atoms with Crippen LogP contribution in [0.2, 0.25) is 0 Å². The molecule has 2 rings (SSSR count). The molecule has 0 fully saturated rings. The number of aliphatic carboxylic acids is 1. The Balaban J connectivity index is 0.00000162. The van der Waals surface area contributed by atoms with Crippen LogP contribution in [-0.2, 0) is 4.79 Å². The number of hydrogen-bond donors (Lipinski definition) is 0. The van der Waals surface area contributed by atoms with Gasteiger partial charge in [-0.05, 0) is 29.3 Å². The van der Waals surface area contributed by atoms with Crippen LogP contribution in [0.1, 0.15) is 13.3 Å². The molecular weight excluding hydrogens is 239 g/mol. The second-order valence-electron chi connectivity index (χ2n) is 3.84. The van der Waals surface area contributed by atoms with Gasteiger partial charge in [0.15, 0.2) is 0 Å². The van der Waals surface area contributed by atoms with Crippen molar-refractivity contribution in [1.82, 2.24) is 0 Å². The summed E-state index contributed by atoms with van der Waals surface area (Å²) in [5.41, 5.74) is 0. The van der Waals surface area contributed by atoms with Crippen LogP contribution in [0.3, 0.4) is 0 Å². The minimum absolute atomic E-state index is 0. The van der Waals surface area contributed by atoms with E-state index in [1.165, 1.54) is 0 Å². The maximum Gasteiger partial charge on any atom is 1.00 e. The topological polar surface area (TPSA) is 49.4 Å². The van der Waals surface area contributed by atoms with Gasteiger partial charge in [0.25, 0.3) is 0 Å². The maximum atomic E-state index is 10.8. The molecule has 18 heavy (non-hydrogen) atoms. The average molecular weight is 252 g/mol. The van der Waals surface area contributed by atoms with Gasteiger partial charge in [-0.2, -0.15) is 0 Å². The standard InChI is InChI=1S/C14H14O3.Na/c1-2-13(14(15)16)17-12-8-7-10-5-3-4-6-11(10)9-12;/h3-9,13H,2H2,1H3,(H,15,16);/q;+1/p-1/t13-;/m1./s1. The molecule has 0 aliphatic heterocycles. The maximum absolute atomic E-state index is 10.8. The van der Waals surface area contributed by atoms with Crippen LogP contribution in [0.4, 0.5) is 0 Å². The molecule has 0 aliphatic carbocycles. The molecule has 0 bridgehead atoms. The van der Waals surface area contributed by atoms with Crippen molar-refractivity contribution in [2.75, 3.05) is 0 Å². The fourth-order valence-corrected chi connectivity index (χ4v) is 1.70. The Morgan fingerprint density at radius 1 is 1.22 bits per heavy atom. The number of carboxylic acids is 1. The summed E-state index contributed by atoms with van der Waals surface area (Å²) in [7, 11) is 0. The first kappa shape index (κ1) is 15.0. The van der Waals surface area contributed by atoms with Gasteiger partial charge in [-0.1, -0.05) is 37.3 Å². The van der Waals surface area contributed by atoms with E-state index in [1.807, 2.05) is 36.4 Å². The van der Waals surface area contributed by atoms with Crippen LogP contribution in [0.5, 0.6) is 5.75 Å². The molecule has 2 aromatic rings. The van der Waals surface area contributed by atoms with Gasteiger partial charge in [0.05, 0.1) is 5.97 Å². The number of fused-ring (bicyclic) bond motifs is 1. The Morgan fingerprint density at radius 2 is 1.89 bits per heavy atom. The van der Waals surface area contributed by atoms with Crippen molar-refractivity contribution >= 4 is 16.7 Å². The zero-order valence-electron chi connectivity index (χ0n) is 10.6. The summed E-state index contributed by atoms with van der Waals surface area (Å²) >= 11 is 0. The number of rotatable bonds is 4. The molecule has 88 valence electrons. The molecule has 3 nitrogen and oxygen atoms in total. The van der Waals surface area contributed by atoms with Gasteiger partial charge in [0.2, 0.25) is 0 Å². The molecule has 0 aliphatic rings. The molecule has 0 N–H and O–H groups in total. The molecule has 1 atom stereocenters. The van der Waals surface area contributed by atoms with Gasteiger partial charge in [-0.3, -0.25) is 0 Å². The first-order chi connectivity index (χ1) is 8.20. The van der Waals surface area contributed by atoms with E-state index >= 15 is 0 Å². The van der Waals surface area contributed by atoms with E-state index in [0.717, 1.165) is 10.8 Å². The molecule has 4 heteroatoms. The Labute approximate surface area is 128 Å². The summed E-state index contributed by atoms with van der Waals surface area (Å²) in [5.74, 6) is -0.625. The van der Waals surface area contributed by atoms with Gasteiger partial charge < -0.3 is 14.6 Å². The molecule has 0 saturated heterocycles. The first-order valence-electron chi connectivity index (χ1n) is 5.57. The molecule has 0 spiro atoms. The summed E-state index contributed by atoms with van der Waals surface area (Å²) in [6, 6.07) is 13.4. The SMILES string of the molecule is CC[C@@H](Oc1ccc2ccccc2c1)C(=O)[O-].[Na+]. The summed E-state index contributed by atoms with van der Waals surface area (Å²) in [6.07, 6.45) is -0.508. The minimum Gasteiger partial charge on any atom is -0.546 e. The van der Waals surface area contributed by atoms with Crippen molar-refractivity contribution < 1.29 is 44.2 Å². The second kappa shape index (κ2) is 6.78. The van der Waals surface area contributed by atoms with Crippen molar-refractivity contribution in [2.45, 2.75) is 19.4 Å². The van der Waals surface area contributed by atoms with Gasteiger partial charge in [-0.15, -0.1) is 0 Å². The zero-order valence-corrected chi connectivity index (χ0v) is 12.6. The van der Waals surface area contributed by atoms with Crippen LogP contribution >= 0.6 is 0 Å². The third kappa shape index (κ3) is 3.48. The van der Waals surface area contributed by atoms with Gasteiger partial charge in [0, 0.05) is 0 Å². The molecule has 0 amide bonds. The number of carbonyl (C=O) groups excluding carboxylic acids is 1. The molecule has 0 radical (unpaired) electrons. The molecule has 0 heterocycles. The van der Waals surface area contributed by atoms with Crippen LogP contribution in [0.25, 0.3) is 10.8 Å². The van der Waals surface area contributed by atoms with E-state index < -0.39 is 12.1 Å². The number of hydrogen-bond acceptors (Lipinski definition) is 3. The van der Waals surface area contributed by atoms with Crippen LogP contribution < -0.4 is 39.4 Å². The van der Waals surface area contributed by atoms with Crippen molar-refractivity contribution in [3.63, 3.8) is 0 Å². The Bertz CT molecular complexity index is 539. The molecule has 0 unspecified atom stereocenters. The van der Waals surface area contributed by atoms with E-state index in [-0.39, 0.29) is 29.6 Å². The monoisotopic (exact) mass is 252 g/mol. The number of carbonyl (C=O) groups is 1. The third-order valence-corrected chi connectivity index (χ3v) is 2.63. The Hall–Kier alpha value is -1.03. The second-order valence-corrected chi connectivity index (χ2v) is 3.84. The number of carboxylic acid groups (broad SMARTS) is 1. The summed E-state index contributed by atoms with van der Waals surface area (Å²) in [4.78, 5) is 10.8. The summed E-state index contributed by atoms with van der Waals surface area (Å²) in [6.45, 7) is 1.75.